The second-order valence-electron chi connectivity index (χ2n) is 14.5. The number of rotatable bonds is 13. The Bertz CT molecular complexity index is 737. The molecule has 0 heteroatoms. The van der Waals surface area contributed by atoms with Gasteiger partial charge in [-0.15, -0.1) is 0 Å². The summed E-state index contributed by atoms with van der Waals surface area (Å²) >= 11 is 0. The third-order valence-electron chi connectivity index (χ3n) is 12.1. The summed E-state index contributed by atoms with van der Waals surface area (Å²) in [5.74, 6) is 7.51. The van der Waals surface area contributed by atoms with Gasteiger partial charge in [0.05, 0.1) is 0 Å². The fourth-order valence-corrected chi connectivity index (χ4v) is 9.05. The van der Waals surface area contributed by atoms with Crippen LogP contribution in [0.4, 0.5) is 0 Å². The molecule has 1 aromatic rings. The van der Waals surface area contributed by atoms with Crippen LogP contribution in [0.3, 0.4) is 0 Å². The highest BCUT2D eigenvalue weighted by molar-refractivity contribution is 5.28. The zero-order valence-corrected chi connectivity index (χ0v) is 26.1. The van der Waals surface area contributed by atoms with Crippen molar-refractivity contribution in [1.82, 2.24) is 0 Å². The molecule has 38 heavy (non-hydrogen) atoms. The Balaban J connectivity index is 1.17. The summed E-state index contributed by atoms with van der Waals surface area (Å²) in [5.41, 5.74) is 3.24. The van der Waals surface area contributed by atoms with Gasteiger partial charge < -0.3 is 0 Å². The Morgan fingerprint density at radius 1 is 0.553 bits per heavy atom. The van der Waals surface area contributed by atoms with Crippen LogP contribution in [0, 0.1) is 35.5 Å². The van der Waals surface area contributed by atoms with Crippen molar-refractivity contribution in [3.8, 4) is 0 Å². The molecule has 3 saturated carbocycles. The van der Waals surface area contributed by atoms with E-state index < -0.39 is 0 Å². The number of unbranched alkanes of at least 4 members (excludes halogenated alkanes) is 4. The van der Waals surface area contributed by atoms with E-state index in [2.05, 4.69) is 52.0 Å². The van der Waals surface area contributed by atoms with E-state index in [4.69, 9.17) is 0 Å². The van der Waals surface area contributed by atoms with E-state index in [1.165, 1.54) is 128 Å². The summed E-state index contributed by atoms with van der Waals surface area (Å²) < 4.78 is 0. The molecule has 0 nitrogen and oxygen atoms in total. The van der Waals surface area contributed by atoms with E-state index in [-0.39, 0.29) is 0 Å². The second kappa shape index (κ2) is 15.9. The van der Waals surface area contributed by atoms with Crippen molar-refractivity contribution in [3.63, 3.8) is 0 Å². The summed E-state index contributed by atoms with van der Waals surface area (Å²) in [4.78, 5) is 0. The topological polar surface area (TPSA) is 0 Å². The Morgan fingerprint density at radius 2 is 1.00 bits per heavy atom. The highest BCUT2D eigenvalue weighted by atomic mass is 14.4. The van der Waals surface area contributed by atoms with Crippen molar-refractivity contribution in [3.05, 3.63) is 35.4 Å². The fraction of sp³-hybridized carbons (Fsp3) is 0.842. The van der Waals surface area contributed by atoms with Crippen LogP contribution in [0.15, 0.2) is 24.3 Å². The van der Waals surface area contributed by atoms with E-state index in [9.17, 15) is 0 Å². The van der Waals surface area contributed by atoms with Gasteiger partial charge in [-0.25, -0.2) is 0 Å². The second-order valence-corrected chi connectivity index (χ2v) is 14.5. The van der Waals surface area contributed by atoms with E-state index in [1.54, 1.807) is 11.1 Å². The van der Waals surface area contributed by atoms with E-state index in [0.29, 0.717) is 0 Å². The minimum absolute atomic E-state index is 0.730. The molecule has 0 bridgehead atoms. The first-order valence-corrected chi connectivity index (χ1v) is 17.7. The van der Waals surface area contributed by atoms with Gasteiger partial charge in [-0.3, -0.25) is 0 Å². The maximum Gasteiger partial charge on any atom is -0.0162 e. The van der Waals surface area contributed by atoms with Crippen LogP contribution >= 0.6 is 0 Å². The Morgan fingerprint density at radius 3 is 1.50 bits per heavy atom. The maximum absolute atomic E-state index is 2.63. The smallest absolute Gasteiger partial charge is 0.0162 e. The molecule has 3 aliphatic rings. The van der Waals surface area contributed by atoms with Gasteiger partial charge in [0.25, 0.3) is 0 Å². The Labute approximate surface area is 238 Å². The first kappa shape index (κ1) is 30.2. The summed E-state index contributed by atoms with van der Waals surface area (Å²) in [6, 6.07) is 10.1. The van der Waals surface area contributed by atoms with Crippen LogP contribution in [0.25, 0.3) is 0 Å². The van der Waals surface area contributed by atoms with Crippen LogP contribution in [-0.4, -0.2) is 0 Å². The summed E-state index contributed by atoms with van der Waals surface area (Å²) in [6.07, 6.45) is 29.4. The molecule has 2 atom stereocenters. The van der Waals surface area contributed by atoms with Gasteiger partial charge in [-0.1, -0.05) is 116 Å². The molecule has 3 aliphatic carbocycles. The van der Waals surface area contributed by atoms with Crippen molar-refractivity contribution in [2.45, 2.75) is 168 Å². The number of hydrogen-bond donors (Lipinski definition) is 0. The van der Waals surface area contributed by atoms with Crippen LogP contribution in [0.2, 0.25) is 0 Å². The average Bonchev–Trinajstić information content (AvgIpc) is 2.98. The molecular weight excluding hydrogens is 456 g/mol. The van der Waals surface area contributed by atoms with Crippen LogP contribution < -0.4 is 0 Å². The molecule has 0 N–H and O–H groups in total. The standard InChI is InChI=1S/C38H64/c1-5-7-9-11-31-13-17-33(18-14-31)29(3)34-21-23-35(24-22-34)30(4)36-25-27-38(28-26-36)37-19-15-32(16-20-37)12-10-8-6-2/h25-35,37H,5-24H2,1-4H3. The van der Waals surface area contributed by atoms with Crippen molar-refractivity contribution in [1.29, 1.82) is 0 Å². The molecule has 0 spiro atoms. The summed E-state index contributed by atoms with van der Waals surface area (Å²) in [6.45, 7) is 9.83. The molecule has 0 aliphatic heterocycles. The summed E-state index contributed by atoms with van der Waals surface area (Å²) in [7, 11) is 0. The lowest BCUT2D eigenvalue weighted by Gasteiger charge is -2.40. The lowest BCUT2D eigenvalue weighted by atomic mass is 9.65. The lowest BCUT2D eigenvalue weighted by molar-refractivity contribution is 0.118. The SMILES string of the molecule is CCCCCC1CCC(c2ccc(C(C)C3CCC(C(C)C4CCC(CCCCC)CC4)CC3)cc2)CC1. The molecule has 4 rings (SSSR count). The molecule has 0 saturated heterocycles. The quantitative estimate of drug-likeness (QED) is 0.227. The molecule has 2 unspecified atom stereocenters. The largest absolute Gasteiger partial charge is 0.0654 e. The molecule has 0 radical (unpaired) electrons. The maximum atomic E-state index is 2.63. The van der Waals surface area contributed by atoms with Gasteiger partial charge in [0.1, 0.15) is 0 Å². The van der Waals surface area contributed by atoms with Gasteiger partial charge in [-0.2, -0.15) is 0 Å². The van der Waals surface area contributed by atoms with E-state index in [1.807, 2.05) is 0 Å². The highest BCUT2D eigenvalue weighted by Crippen LogP contribution is 2.46. The van der Waals surface area contributed by atoms with Crippen molar-refractivity contribution in [2.75, 3.05) is 0 Å². The first-order chi connectivity index (χ1) is 18.6. The molecule has 0 aromatic heterocycles. The number of hydrogen-bond acceptors (Lipinski definition) is 0. The first-order valence-electron chi connectivity index (χ1n) is 17.7. The van der Waals surface area contributed by atoms with Gasteiger partial charge >= 0.3 is 0 Å². The molecule has 0 heterocycles. The van der Waals surface area contributed by atoms with Crippen LogP contribution in [0.5, 0.6) is 0 Å². The Kier molecular flexibility index (Phi) is 12.6. The minimum atomic E-state index is 0.730. The van der Waals surface area contributed by atoms with Crippen molar-refractivity contribution < 1.29 is 0 Å². The van der Waals surface area contributed by atoms with Gasteiger partial charge in [0.15, 0.2) is 0 Å². The minimum Gasteiger partial charge on any atom is -0.0654 e. The van der Waals surface area contributed by atoms with Crippen molar-refractivity contribution >= 4 is 0 Å². The molecule has 0 amide bonds. The molecule has 216 valence electrons. The lowest BCUT2D eigenvalue weighted by Crippen LogP contribution is -2.29. The van der Waals surface area contributed by atoms with Gasteiger partial charge in [0.2, 0.25) is 0 Å². The summed E-state index contributed by atoms with van der Waals surface area (Å²) in [5, 5.41) is 0. The third-order valence-corrected chi connectivity index (χ3v) is 12.1. The monoisotopic (exact) mass is 521 g/mol. The molecule has 1 aromatic carbocycles. The van der Waals surface area contributed by atoms with Gasteiger partial charge in [0, 0.05) is 0 Å². The van der Waals surface area contributed by atoms with Crippen LogP contribution in [0.1, 0.15) is 179 Å². The Hall–Kier alpha value is -0.780. The fourth-order valence-electron chi connectivity index (χ4n) is 9.05. The zero-order chi connectivity index (χ0) is 26.7. The molecule has 3 fully saturated rings. The van der Waals surface area contributed by atoms with E-state index in [0.717, 1.165) is 47.3 Å². The average molecular weight is 521 g/mol. The highest BCUT2D eigenvalue weighted by Gasteiger charge is 2.33. The van der Waals surface area contributed by atoms with Crippen molar-refractivity contribution in [2.24, 2.45) is 35.5 Å². The van der Waals surface area contributed by atoms with E-state index >= 15 is 0 Å². The number of benzene rings is 1. The van der Waals surface area contributed by atoms with Crippen LogP contribution in [-0.2, 0) is 0 Å². The predicted molar refractivity (Wildman–Crippen MR) is 168 cm³/mol. The predicted octanol–water partition coefficient (Wildman–Crippen LogP) is 12.5. The zero-order valence-electron chi connectivity index (χ0n) is 26.1. The third kappa shape index (κ3) is 8.61. The van der Waals surface area contributed by atoms with Gasteiger partial charge in [-0.05, 0) is 123 Å². The molecular formula is C38H64. The normalized spacial score (nSPS) is 32.1.